The van der Waals surface area contributed by atoms with Gasteiger partial charge in [-0.15, -0.1) is 0 Å². The molecule has 0 amide bonds. The highest BCUT2D eigenvalue weighted by Gasteiger charge is 2.14. The van der Waals surface area contributed by atoms with Crippen molar-refractivity contribution in [1.82, 2.24) is 4.98 Å². The second-order valence-corrected chi connectivity index (χ2v) is 3.49. The molecule has 1 atom stereocenters. The number of carboxylic acids is 1. The monoisotopic (exact) mass is 204 g/mol. The molecule has 1 aromatic heterocycles. The van der Waals surface area contributed by atoms with E-state index in [1.807, 2.05) is 24.3 Å². The van der Waals surface area contributed by atoms with Gasteiger partial charge in [0.05, 0.1) is 6.42 Å². The molecular formula is C11H12N2O2. The van der Waals surface area contributed by atoms with Crippen LogP contribution in [0.2, 0.25) is 0 Å². The summed E-state index contributed by atoms with van der Waals surface area (Å²) in [5.41, 5.74) is 7.64. The minimum atomic E-state index is -0.882. The zero-order valence-electron chi connectivity index (χ0n) is 8.10. The second kappa shape index (κ2) is 3.74. The van der Waals surface area contributed by atoms with Crippen molar-refractivity contribution in [1.29, 1.82) is 0 Å². The quantitative estimate of drug-likeness (QED) is 0.711. The van der Waals surface area contributed by atoms with E-state index in [-0.39, 0.29) is 6.42 Å². The van der Waals surface area contributed by atoms with E-state index in [2.05, 4.69) is 4.98 Å². The number of H-pyrrole nitrogens is 1. The van der Waals surface area contributed by atoms with Gasteiger partial charge in [0.2, 0.25) is 0 Å². The van der Waals surface area contributed by atoms with Gasteiger partial charge in [-0.3, -0.25) is 4.79 Å². The van der Waals surface area contributed by atoms with Gasteiger partial charge in [-0.25, -0.2) is 0 Å². The summed E-state index contributed by atoms with van der Waals surface area (Å²) in [5, 5.41) is 9.66. The van der Waals surface area contributed by atoms with Gasteiger partial charge in [-0.05, 0) is 11.6 Å². The molecule has 0 saturated heterocycles. The first-order valence-corrected chi connectivity index (χ1v) is 4.72. The molecule has 4 heteroatoms. The Morgan fingerprint density at radius 3 is 2.93 bits per heavy atom. The maximum Gasteiger partial charge on any atom is 0.305 e. The van der Waals surface area contributed by atoms with E-state index in [9.17, 15) is 4.79 Å². The molecule has 0 bridgehead atoms. The third kappa shape index (κ3) is 1.85. The van der Waals surface area contributed by atoms with Gasteiger partial charge >= 0.3 is 5.97 Å². The minimum Gasteiger partial charge on any atom is -0.481 e. The number of fused-ring (bicyclic) bond motifs is 1. The number of nitrogens with one attached hydrogen (secondary N) is 1. The Balaban J connectivity index is 2.39. The van der Waals surface area contributed by atoms with Gasteiger partial charge in [0, 0.05) is 23.1 Å². The fourth-order valence-corrected chi connectivity index (χ4v) is 1.70. The topological polar surface area (TPSA) is 79.1 Å². The minimum absolute atomic E-state index is 0.0537. The Morgan fingerprint density at radius 1 is 1.47 bits per heavy atom. The molecule has 0 unspecified atom stereocenters. The van der Waals surface area contributed by atoms with E-state index in [1.54, 1.807) is 6.20 Å². The Labute approximate surface area is 86.7 Å². The Bertz CT molecular complexity index is 490. The molecule has 0 spiro atoms. The van der Waals surface area contributed by atoms with Crippen molar-refractivity contribution in [3.63, 3.8) is 0 Å². The van der Waals surface area contributed by atoms with Crippen LogP contribution in [0.4, 0.5) is 0 Å². The molecule has 15 heavy (non-hydrogen) atoms. The molecule has 0 aliphatic heterocycles. The molecule has 0 saturated carbocycles. The fraction of sp³-hybridized carbons (Fsp3) is 0.182. The molecular weight excluding hydrogens is 192 g/mol. The van der Waals surface area contributed by atoms with Crippen molar-refractivity contribution in [3.8, 4) is 0 Å². The van der Waals surface area contributed by atoms with Crippen molar-refractivity contribution in [2.45, 2.75) is 12.5 Å². The molecule has 0 fully saturated rings. The van der Waals surface area contributed by atoms with Crippen LogP contribution in [-0.4, -0.2) is 16.1 Å². The zero-order valence-corrected chi connectivity index (χ0v) is 8.10. The molecule has 1 aromatic carbocycles. The lowest BCUT2D eigenvalue weighted by molar-refractivity contribution is -0.137. The number of aromatic nitrogens is 1. The standard InChI is InChI=1S/C11H12N2O2/c12-9(5-11(14)15)8-6-13-10-4-2-1-3-7(8)10/h1-4,6,9,13H,5,12H2,(H,14,15)/t9-/m0/s1. The van der Waals surface area contributed by atoms with E-state index < -0.39 is 12.0 Å². The summed E-state index contributed by atoms with van der Waals surface area (Å²) in [6.45, 7) is 0. The summed E-state index contributed by atoms with van der Waals surface area (Å²) in [4.78, 5) is 13.6. The molecule has 4 nitrogen and oxygen atoms in total. The summed E-state index contributed by atoms with van der Waals surface area (Å²) in [6.07, 6.45) is 1.72. The predicted octanol–water partition coefficient (Wildman–Crippen LogP) is 1.64. The van der Waals surface area contributed by atoms with Crippen molar-refractivity contribution < 1.29 is 9.90 Å². The first kappa shape index (κ1) is 9.73. The van der Waals surface area contributed by atoms with Crippen molar-refractivity contribution in [2.24, 2.45) is 5.73 Å². The number of aliphatic carboxylic acids is 1. The predicted molar refractivity (Wildman–Crippen MR) is 57.5 cm³/mol. The molecule has 1 heterocycles. The van der Waals surface area contributed by atoms with Crippen LogP contribution in [0.5, 0.6) is 0 Å². The number of hydrogen-bond acceptors (Lipinski definition) is 2. The SMILES string of the molecule is N[C@@H](CC(=O)O)c1c[nH]c2ccccc12. The van der Waals surface area contributed by atoms with Gasteiger partial charge in [0.1, 0.15) is 0 Å². The third-order valence-electron chi connectivity index (χ3n) is 2.42. The zero-order chi connectivity index (χ0) is 10.8. The highest BCUT2D eigenvalue weighted by molar-refractivity contribution is 5.84. The van der Waals surface area contributed by atoms with E-state index in [1.165, 1.54) is 0 Å². The third-order valence-corrected chi connectivity index (χ3v) is 2.42. The van der Waals surface area contributed by atoms with E-state index in [0.29, 0.717) is 0 Å². The smallest absolute Gasteiger partial charge is 0.305 e. The van der Waals surface area contributed by atoms with Gasteiger partial charge < -0.3 is 15.8 Å². The van der Waals surface area contributed by atoms with Crippen LogP contribution >= 0.6 is 0 Å². The summed E-state index contributed by atoms with van der Waals surface area (Å²) >= 11 is 0. The Hall–Kier alpha value is -1.81. The average molecular weight is 204 g/mol. The van der Waals surface area contributed by atoms with E-state index in [0.717, 1.165) is 16.5 Å². The molecule has 4 N–H and O–H groups in total. The molecule has 0 aliphatic carbocycles. The van der Waals surface area contributed by atoms with Crippen molar-refractivity contribution in [2.75, 3.05) is 0 Å². The number of rotatable bonds is 3. The van der Waals surface area contributed by atoms with Crippen LogP contribution in [-0.2, 0) is 4.79 Å². The number of hydrogen-bond donors (Lipinski definition) is 3. The normalized spacial score (nSPS) is 12.9. The first-order valence-electron chi connectivity index (χ1n) is 4.72. The van der Waals surface area contributed by atoms with Gasteiger partial charge in [0.15, 0.2) is 0 Å². The van der Waals surface area contributed by atoms with Crippen molar-refractivity contribution in [3.05, 3.63) is 36.0 Å². The molecule has 2 rings (SSSR count). The number of carbonyl (C=O) groups is 1. The molecule has 0 aliphatic rings. The lowest BCUT2D eigenvalue weighted by atomic mass is 10.0. The van der Waals surface area contributed by atoms with Crippen LogP contribution in [0.15, 0.2) is 30.5 Å². The van der Waals surface area contributed by atoms with Crippen LogP contribution in [0, 0.1) is 0 Å². The molecule has 78 valence electrons. The highest BCUT2D eigenvalue weighted by atomic mass is 16.4. The maximum atomic E-state index is 10.6. The lowest BCUT2D eigenvalue weighted by Gasteiger charge is -2.06. The molecule has 0 radical (unpaired) electrons. The Morgan fingerprint density at radius 2 is 2.20 bits per heavy atom. The van der Waals surface area contributed by atoms with Gasteiger partial charge in [0.25, 0.3) is 0 Å². The number of carboxylic acid groups (broad SMARTS) is 1. The number of nitrogens with two attached hydrogens (primary N) is 1. The van der Waals surface area contributed by atoms with Crippen LogP contribution in [0.3, 0.4) is 0 Å². The van der Waals surface area contributed by atoms with Crippen molar-refractivity contribution >= 4 is 16.9 Å². The fourth-order valence-electron chi connectivity index (χ4n) is 1.70. The summed E-state index contributed by atoms with van der Waals surface area (Å²) in [7, 11) is 0. The molecule has 2 aromatic rings. The van der Waals surface area contributed by atoms with Crippen LogP contribution < -0.4 is 5.73 Å². The number of para-hydroxylation sites is 1. The maximum absolute atomic E-state index is 10.6. The Kier molecular flexibility index (Phi) is 2.43. The second-order valence-electron chi connectivity index (χ2n) is 3.49. The van der Waals surface area contributed by atoms with E-state index >= 15 is 0 Å². The van der Waals surface area contributed by atoms with Crippen LogP contribution in [0.1, 0.15) is 18.0 Å². The van der Waals surface area contributed by atoms with Crippen LogP contribution in [0.25, 0.3) is 10.9 Å². The summed E-state index contributed by atoms with van der Waals surface area (Å²) < 4.78 is 0. The largest absolute Gasteiger partial charge is 0.481 e. The lowest BCUT2D eigenvalue weighted by Crippen LogP contribution is -2.14. The summed E-state index contributed by atoms with van der Waals surface area (Å²) in [6, 6.07) is 7.24. The van der Waals surface area contributed by atoms with Gasteiger partial charge in [-0.2, -0.15) is 0 Å². The summed E-state index contributed by atoms with van der Waals surface area (Å²) in [5.74, 6) is -0.882. The number of benzene rings is 1. The van der Waals surface area contributed by atoms with Gasteiger partial charge in [-0.1, -0.05) is 18.2 Å². The first-order chi connectivity index (χ1) is 7.18. The average Bonchev–Trinajstić information content (AvgIpc) is 2.59. The van der Waals surface area contributed by atoms with E-state index in [4.69, 9.17) is 10.8 Å². The highest BCUT2D eigenvalue weighted by Crippen LogP contribution is 2.24. The number of aromatic amines is 1.